The summed E-state index contributed by atoms with van der Waals surface area (Å²) in [6, 6.07) is 14.2. The highest BCUT2D eigenvalue weighted by Gasteiger charge is 2.25. The van der Waals surface area contributed by atoms with Crippen molar-refractivity contribution < 1.29 is 14.3 Å². The number of carbonyl (C=O) groups is 2. The van der Waals surface area contributed by atoms with Gasteiger partial charge in [-0.1, -0.05) is 42.5 Å². The molecule has 2 aromatic rings. The van der Waals surface area contributed by atoms with Crippen LogP contribution in [0.25, 0.3) is 10.8 Å². The predicted molar refractivity (Wildman–Crippen MR) is 115 cm³/mol. The summed E-state index contributed by atoms with van der Waals surface area (Å²) in [6.07, 6.45) is 0.133. The molecule has 1 aliphatic heterocycles. The molecular weight excluding hydrogens is 366 g/mol. The molecule has 0 saturated carbocycles. The van der Waals surface area contributed by atoms with E-state index in [1.165, 1.54) is 0 Å². The molecule has 2 amide bonds. The number of hydrogen-bond acceptors (Lipinski definition) is 4. The Kier molecular flexibility index (Phi) is 6.75. The summed E-state index contributed by atoms with van der Waals surface area (Å²) >= 11 is 0. The van der Waals surface area contributed by atoms with E-state index in [-0.39, 0.29) is 12.0 Å². The first-order valence-electron chi connectivity index (χ1n) is 10.3. The van der Waals surface area contributed by atoms with Crippen LogP contribution in [0.1, 0.15) is 26.3 Å². The van der Waals surface area contributed by atoms with Crippen molar-refractivity contribution in [3.05, 3.63) is 48.0 Å². The van der Waals surface area contributed by atoms with Crippen molar-refractivity contribution in [2.24, 2.45) is 0 Å². The Hall–Kier alpha value is -2.60. The number of fused-ring (bicyclic) bond motifs is 1. The lowest BCUT2D eigenvalue weighted by atomic mass is 10.0. The SMILES string of the molecule is CC(C)(C)OC(=O)N1CCN(CCNC(=O)Cc2cccc3ccccc23)CC1. The van der Waals surface area contributed by atoms with Crippen molar-refractivity contribution in [1.82, 2.24) is 15.1 Å². The van der Waals surface area contributed by atoms with Gasteiger partial charge in [0, 0.05) is 39.3 Å². The van der Waals surface area contributed by atoms with Crippen LogP contribution < -0.4 is 5.32 Å². The van der Waals surface area contributed by atoms with Crippen LogP contribution in [-0.2, 0) is 16.0 Å². The van der Waals surface area contributed by atoms with Crippen molar-refractivity contribution in [1.29, 1.82) is 0 Å². The Balaban J connectivity index is 1.39. The fourth-order valence-electron chi connectivity index (χ4n) is 3.52. The van der Waals surface area contributed by atoms with Crippen LogP contribution in [0.2, 0.25) is 0 Å². The van der Waals surface area contributed by atoms with E-state index < -0.39 is 5.60 Å². The van der Waals surface area contributed by atoms with Crippen molar-refractivity contribution in [2.75, 3.05) is 39.3 Å². The second kappa shape index (κ2) is 9.27. The van der Waals surface area contributed by atoms with Crippen LogP contribution in [-0.4, -0.2) is 66.7 Å². The van der Waals surface area contributed by atoms with Gasteiger partial charge in [-0.05, 0) is 37.1 Å². The van der Waals surface area contributed by atoms with E-state index in [1.807, 2.05) is 45.0 Å². The van der Waals surface area contributed by atoms with Crippen LogP contribution in [0.3, 0.4) is 0 Å². The molecule has 1 heterocycles. The van der Waals surface area contributed by atoms with Crippen LogP contribution in [0, 0.1) is 0 Å². The van der Waals surface area contributed by atoms with Gasteiger partial charge in [-0.15, -0.1) is 0 Å². The van der Waals surface area contributed by atoms with E-state index in [0.29, 0.717) is 26.1 Å². The summed E-state index contributed by atoms with van der Waals surface area (Å²) in [5, 5.41) is 5.30. The van der Waals surface area contributed by atoms with Gasteiger partial charge < -0.3 is 15.0 Å². The third kappa shape index (κ3) is 6.19. The molecule has 1 N–H and O–H groups in total. The molecular formula is C23H31N3O3. The Labute approximate surface area is 172 Å². The van der Waals surface area contributed by atoms with Crippen molar-refractivity contribution in [2.45, 2.75) is 32.8 Å². The summed E-state index contributed by atoms with van der Waals surface area (Å²) in [4.78, 5) is 28.5. The molecule has 2 aromatic carbocycles. The van der Waals surface area contributed by atoms with Crippen molar-refractivity contribution in [3.63, 3.8) is 0 Å². The van der Waals surface area contributed by atoms with Crippen LogP contribution >= 0.6 is 0 Å². The van der Waals surface area contributed by atoms with Gasteiger partial charge in [-0.2, -0.15) is 0 Å². The van der Waals surface area contributed by atoms with Gasteiger partial charge in [-0.3, -0.25) is 9.69 Å². The molecule has 0 spiro atoms. The Morgan fingerprint density at radius 3 is 2.41 bits per heavy atom. The Bertz CT molecular complexity index is 847. The van der Waals surface area contributed by atoms with Gasteiger partial charge in [0.25, 0.3) is 0 Å². The first-order chi connectivity index (χ1) is 13.8. The number of ether oxygens (including phenoxy) is 1. The van der Waals surface area contributed by atoms with Crippen molar-refractivity contribution in [3.8, 4) is 0 Å². The Morgan fingerprint density at radius 1 is 1.00 bits per heavy atom. The quantitative estimate of drug-likeness (QED) is 0.842. The van der Waals surface area contributed by atoms with Gasteiger partial charge in [-0.25, -0.2) is 4.79 Å². The number of nitrogens with one attached hydrogen (secondary N) is 1. The lowest BCUT2D eigenvalue weighted by Gasteiger charge is -2.35. The maximum absolute atomic E-state index is 12.4. The molecule has 1 fully saturated rings. The Morgan fingerprint density at radius 2 is 1.69 bits per heavy atom. The standard InChI is InChI=1S/C23H31N3O3/c1-23(2,3)29-22(28)26-15-13-25(14-16-26)12-11-24-21(27)17-19-9-6-8-18-7-4-5-10-20(18)19/h4-10H,11-17H2,1-3H3,(H,24,27). The average molecular weight is 398 g/mol. The summed E-state index contributed by atoms with van der Waals surface area (Å²) in [5.74, 6) is 0.0359. The minimum absolute atomic E-state index is 0.0359. The number of hydrogen-bond donors (Lipinski definition) is 1. The zero-order chi connectivity index (χ0) is 20.9. The van der Waals surface area contributed by atoms with Gasteiger partial charge in [0.1, 0.15) is 5.60 Å². The van der Waals surface area contributed by atoms with Crippen molar-refractivity contribution >= 4 is 22.8 Å². The van der Waals surface area contributed by atoms with Crippen LogP contribution in [0.15, 0.2) is 42.5 Å². The average Bonchev–Trinajstić information content (AvgIpc) is 2.67. The summed E-state index contributed by atoms with van der Waals surface area (Å²) < 4.78 is 5.42. The molecule has 0 bridgehead atoms. The number of benzene rings is 2. The van der Waals surface area contributed by atoms with E-state index in [9.17, 15) is 9.59 Å². The fraction of sp³-hybridized carbons (Fsp3) is 0.478. The number of nitrogens with zero attached hydrogens (tertiary/aromatic N) is 2. The molecule has 29 heavy (non-hydrogen) atoms. The molecule has 0 aromatic heterocycles. The summed E-state index contributed by atoms with van der Waals surface area (Å²) in [7, 11) is 0. The molecule has 6 heteroatoms. The number of rotatable bonds is 5. The van der Waals surface area contributed by atoms with E-state index in [0.717, 1.165) is 36.0 Å². The summed E-state index contributed by atoms with van der Waals surface area (Å²) in [6.45, 7) is 9.90. The first-order valence-corrected chi connectivity index (χ1v) is 10.3. The molecule has 0 aliphatic carbocycles. The van der Waals surface area contributed by atoms with E-state index >= 15 is 0 Å². The van der Waals surface area contributed by atoms with Crippen LogP contribution in [0.4, 0.5) is 4.79 Å². The molecule has 0 radical (unpaired) electrons. The van der Waals surface area contributed by atoms with E-state index in [2.05, 4.69) is 28.4 Å². The lowest BCUT2D eigenvalue weighted by Crippen LogP contribution is -2.51. The molecule has 6 nitrogen and oxygen atoms in total. The zero-order valence-corrected chi connectivity index (χ0v) is 17.6. The highest BCUT2D eigenvalue weighted by atomic mass is 16.6. The minimum Gasteiger partial charge on any atom is -0.444 e. The van der Waals surface area contributed by atoms with Gasteiger partial charge in [0.05, 0.1) is 6.42 Å². The molecule has 156 valence electrons. The number of piperazine rings is 1. The molecule has 1 aliphatic rings. The number of amides is 2. The van der Waals surface area contributed by atoms with E-state index in [4.69, 9.17) is 4.74 Å². The molecule has 3 rings (SSSR count). The third-order valence-corrected chi connectivity index (χ3v) is 5.01. The van der Waals surface area contributed by atoms with Gasteiger partial charge in [0.15, 0.2) is 0 Å². The number of carbonyl (C=O) groups excluding carboxylic acids is 2. The largest absolute Gasteiger partial charge is 0.444 e. The highest BCUT2D eigenvalue weighted by Crippen LogP contribution is 2.18. The normalized spacial score (nSPS) is 15.3. The van der Waals surface area contributed by atoms with Crippen LogP contribution in [0.5, 0.6) is 0 Å². The fourth-order valence-corrected chi connectivity index (χ4v) is 3.52. The second-order valence-corrected chi connectivity index (χ2v) is 8.47. The molecule has 0 atom stereocenters. The predicted octanol–water partition coefficient (Wildman–Crippen LogP) is 3.05. The topological polar surface area (TPSA) is 61.9 Å². The molecule has 0 unspecified atom stereocenters. The molecule has 1 saturated heterocycles. The van der Waals surface area contributed by atoms with Gasteiger partial charge >= 0.3 is 6.09 Å². The minimum atomic E-state index is -0.470. The zero-order valence-electron chi connectivity index (χ0n) is 17.6. The maximum Gasteiger partial charge on any atom is 0.410 e. The smallest absolute Gasteiger partial charge is 0.410 e. The summed E-state index contributed by atoms with van der Waals surface area (Å²) in [5.41, 5.74) is 0.578. The van der Waals surface area contributed by atoms with Gasteiger partial charge in [0.2, 0.25) is 5.91 Å². The monoisotopic (exact) mass is 397 g/mol. The second-order valence-electron chi connectivity index (χ2n) is 8.47. The van der Waals surface area contributed by atoms with E-state index in [1.54, 1.807) is 4.90 Å². The third-order valence-electron chi connectivity index (χ3n) is 5.01. The first kappa shape index (κ1) is 21.1. The lowest BCUT2D eigenvalue weighted by molar-refractivity contribution is -0.120. The maximum atomic E-state index is 12.4. The highest BCUT2D eigenvalue weighted by molar-refractivity contribution is 5.90.